The summed E-state index contributed by atoms with van der Waals surface area (Å²) in [6.07, 6.45) is 2.06. The summed E-state index contributed by atoms with van der Waals surface area (Å²) < 4.78 is 5.41. The van der Waals surface area contributed by atoms with E-state index in [-0.39, 0.29) is 0 Å². The van der Waals surface area contributed by atoms with Gasteiger partial charge >= 0.3 is 0 Å². The van der Waals surface area contributed by atoms with Gasteiger partial charge in [0.15, 0.2) is 5.82 Å². The molecule has 3 rings (SSSR count). The van der Waals surface area contributed by atoms with Gasteiger partial charge in [-0.3, -0.25) is 5.10 Å². The van der Waals surface area contributed by atoms with Crippen LogP contribution in [-0.4, -0.2) is 23.4 Å². The maximum absolute atomic E-state index is 6.01. The Morgan fingerprint density at radius 3 is 2.61 bits per heavy atom. The van der Waals surface area contributed by atoms with E-state index in [0.717, 1.165) is 42.9 Å². The highest BCUT2D eigenvalue weighted by atomic mass is 16.5. The molecule has 0 radical (unpaired) electrons. The molecule has 1 aromatic carbocycles. The molecule has 2 aromatic rings. The van der Waals surface area contributed by atoms with E-state index in [0.29, 0.717) is 11.7 Å². The molecule has 0 bridgehead atoms. The molecule has 0 unspecified atom stereocenters. The third-order valence-electron chi connectivity index (χ3n) is 3.51. The van der Waals surface area contributed by atoms with Crippen molar-refractivity contribution >= 4 is 5.82 Å². The Balaban J connectivity index is 2.01. The van der Waals surface area contributed by atoms with Gasteiger partial charge in [-0.15, -0.1) is 0 Å². The van der Waals surface area contributed by atoms with Crippen molar-refractivity contribution in [3.8, 4) is 11.1 Å². The summed E-state index contributed by atoms with van der Waals surface area (Å²) in [5.74, 6) is 1.06. The van der Waals surface area contributed by atoms with Gasteiger partial charge in [0.05, 0.1) is 0 Å². The van der Waals surface area contributed by atoms with Gasteiger partial charge in [-0.05, 0) is 18.4 Å². The zero-order chi connectivity index (χ0) is 12.4. The van der Waals surface area contributed by atoms with Crippen LogP contribution in [0.2, 0.25) is 0 Å². The van der Waals surface area contributed by atoms with Gasteiger partial charge in [0.25, 0.3) is 0 Å². The largest absolute Gasteiger partial charge is 0.382 e. The van der Waals surface area contributed by atoms with E-state index in [1.165, 1.54) is 0 Å². The summed E-state index contributed by atoms with van der Waals surface area (Å²) in [4.78, 5) is 0. The van der Waals surface area contributed by atoms with Crippen molar-refractivity contribution in [2.75, 3.05) is 18.9 Å². The number of hydrogen-bond donors (Lipinski definition) is 2. The van der Waals surface area contributed by atoms with Crippen molar-refractivity contribution in [2.45, 2.75) is 18.8 Å². The number of nitrogens with one attached hydrogen (secondary N) is 1. The topological polar surface area (TPSA) is 63.9 Å². The number of nitrogens with zero attached hydrogens (tertiary/aromatic N) is 1. The molecule has 18 heavy (non-hydrogen) atoms. The van der Waals surface area contributed by atoms with E-state index in [1.54, 1.807) is 0 Å². The summed E-state index contributed by atoms with van der Waals surface area (Å²) in [7, 11) is 0. The molecular formula is C14H17N3O. The van der Waals surface area contributed by atoms with Crippen molar-refractivity contribution in [3.05, 3.63) is 36.0 Å². The number of aromatic amines is 1. The summed E-state index contributed by atoms with van der Waals surface area (Å²) in [6.45, 7) is 1.63. The van der Waals surface area contributed by atoms with E-state index in [4.69, 9.17) is 10.5 Å². The van der Waals surface area contributed by atoms with E-state index in [9.17, 15) is 0 Å². The highest BCUT2D eigenvalue weighted by Gasteiger charge is 2.23. The van der Waals surface area contributed by atoms with E-state index in [1.807, 2.05) is 18.2 Å². The Bertz CT molecular complexity index is 515. The quantitative estimate of drug-likeness (QED) is 0.852. The van der Waals surface area contributed by atoms with Crippen molar-refractivity contribution in [3.63, 3.8) is 0 Å². The molecule has 0 atom stereocenters. The standard InChI is InChI=1S/C14H17N3O/c15-14-12(10-4-2-1-3-5-10)13(16-17-14)11-6-8-18-9-7-11/h1-5,11H,6-9H2,(H3,15,16,17). The predicted molar refractivity (Wildman–Crippen MR) is 71.2 cm³/mol. The Kier molecular flexibility index (Phi) is 3.02. The number of nitrogens with two attached hydrogens (primary N) is 1. The smallest absolute Gasteiger partial charge is 0.153 e. The minimum atomic E-state index is 0.471. The number of rotatable bonds is 2. The Labute approximate surface area is 106 Å². The lowest BCUT2D eigenvalue weighted by Crippen LogP contribution is -2.15. The fourth-order valence-electron chi connectivity index (χ4n) is 2.56. The molecule has 0 saturated carbocycles. The molecule has 1 aliphatic rings. The maximum Gasteiger partial charge on any atom is 0.153 e. The fraction of sp³-hybridized carbons (Fsp3) is 0.357. The number of anilines is 1. The second kappa shape index (κ2) is 4.82. The molecule has 0 spiro atoms. The first kappa shape index (κ1) is 11.3. The van der Waals surface area contributed by atoms with Crippen LogP contribution in [0.4, 0.5) is 5.82 Å². The van der Waals surface area contributed by atoms with Gasteiger partial charge in [-0.1, -0.05) is 30.3 Å². The molecule has 1 aliphatic heterocycles. The average molecular weight is 243 g/mol. The minimum Gasteiger partial charge on any atom is -0.382 e. The van der Waals surface area contributed by atoms with E-state index < -0.39 is 0 Å². The Morgan fingerprint density at radius 1 is 1.17 bits per heavy atom. The zero-order valence-corrected chi connectivity index (χ0v) is 10.2. The van der Waals surface area contributed by atoms with Gasteiger partial charge in [-0.25, -0.2) is 0 Å². The molecule has 1 saturated heterocycles. The number of hydrogen-bond acceptors (Lipinski definition) is 3. The first-order valence-corrected chi connectivity index (χ1v) is 6.33. The van der Waals surface area contributed by atoms with Crippen molar-refractivity contribution in [1.29, 1.82) is 0 Å². The van der Waals surface area contributed by atoms with Gasteiger partial charge in [-0.2, -0.15) is 5.10 Å². The minimum absolute atomic E-state index is 0.471. The van der Waals surface area contributed by atoms with E-state index in [2.05, 4.69) is 22.3 Å². The molecule has 1 aromatic heterocycles. The highest BCUT2D eigenvalue weighted by molar-refractivity contribution is 5.76. The van der Waals surface area contributed by atoms with Crippen molar-refractivity contribution in [1.82, 2.24) is 10.2 Å². The molecule has 94 valence electrons. The fourth-order valence-corrected chi connectivity index (χ4v) is 2.56. The van der Waals surface area contributed by atoms with Crippen molar-refractivity contribution < 1.29 is 4.74 Å². The van der Waals surface area contributed by atoms with Crippen LogP contribution in [0.15, 0.2) is 30.3 Å². The zero-order valence-electron chi connectivity index (χ0n) is 10.2. The number of aromatic nitrogens is 2. The first-order valence-electron chi connectivity index (χ1n) is 6.33. The average Bonchev–Trinajstić information content (AvgIpc) is 2.83. The SMILES string of the molecule is Nc1n[nH]c(C2CCOCC2)c1-c1ccccc1. The molecule has 2 heterocycles. The van der Waals surface area contributed by atoms with Crippen LogP contribution in [0.25, 0.3) is 11.1 Å². The van der Waals surface area contributed by atoms with Crippen LogP contribution in [0, 0.1) is 0 Å². The summed E-state index contributed by atoms with van der Waals surface area (Å²) in [5.41, 5.74) is 9.35. The number of H-pyrrole nitrogens is 1. The number of nitrogen functional groups attached to an aromatic ring is 1. The maximum atomic E-state index is 6.01. The summed E-state index contributed by atoms with van der Waals surface area (Å²) in [5, 5.41) is 7.29. The molecule has 0 amide bonds. The molecular weight excluding hydrogens is 226 g/mol. The Morgan fingerprint density at radius 2 is 1.89 bits per heavy atom. The second-order valence-corrected chi connectivity index (χ2v) is 4.65. The van der Waals surface area contributed by atoms with Crippen LogP contribution < -0.4 is 5.73 Å². The molecule has 1 fully saturated rings. The molecule has 4 heteroatoms. The van der Waals surface area contributed by atoms with Crippen molar-refractivity contribution in [2.24, 2.45) is 0 Å². The second-order valence-electron chi connectivity index (χ2n) is 4.65. The van der Waals surface area contributed by atoms with Crippen LogP contribution in [0.1, 0.15) is 24.5 Å². The van der Waals surface area contributed by atoms with Gasteiger partial charge in [0.2, 0.25) is 0 Å². The third kappa shape index (κ3) is 1.99. The summed E-state index contributed by atoms with van der Waals surface area (Å²) in [6, 6.07) is 10.2. The monoisotopic (exact) mass is 243 g/mol. The lowest BCUT2D eigenvalue weighted by Gasteiger charge is -2.22. The Hall–Kier alpha value is -1.81. The third-order valence-corrected chi connectivity index (χ3v) is 3.51. The van der Waals surface area contributed by atoms with Crippen LogP contribution in [-0.2, 0) is 4.74 Å². The molecule has 4 nitrogen and oxygen atoms in total. The first-order chi connectivity index (χ1) is 8.86. The van der Waals surface area contributed by atoms with Gasteiger partial charge in [0, 0.05) is 30.4 Å². The van der Waals surface area contributed by atoms with Crippen LogP contribution in [0.5, 0.6) is 0 Å². The number of benzene rings is 1. The predicted octanol–water partition coefficient (Wildman–Crippen LogP) is 2.55. The molecule has 0 aliphatic carbocycles. The summed E-state index contributed by atoms with van der Waals surface area (Å²) >= 11 is 0. The normalized spacial score (nSPS) is 16.9. The highest BCUT2D eigenvalue weighted by Crippen LogP contribution is 2.36. The molecule has 3 N–H and O–H groups in total. The van der Waals surface area contributed by atoms with Crippen LogP contribution in [0.3, 0.4) is 0 Å². The lowest BCUT2D eigenvalue weighted by molar-refractivity contribution is 0.0846. The number of ether oxygens (including phenoxy) is 1. The van der Waals surface area contributed by atoms with Gasteiger partial charge < -0.3 is 10.5 Å². The van der Waals surface area contributed by atoms with Gasteiger partial charge in [0.1, 0.15) is 0 Å². The van der Waals surface area contributed by atoms with E-state index >= 15 is 0 Å². The lowest BCUT2D eigenvalue weighted by atomic mass is 9.91. The van der Waals surface area contributed by atoms with Crippen LogP contribution >= 0.6 is 0 Å².